The highest BCUT2D eigenvalue weighted by atomic mass is 16.2. The molecular weight excluding hydrogens is 432 g/mol. The van der Waals surface area contributed by atoms with Gasteiger partial charge in [0.25, 0.3) is 0 Å². The number of anilines is 3. The minimum atomic E-state index is -0.299. The summed E-state index contributed by atoms with van der Waals surface area (Å²) in [5, 5.41) is 12.6. The third-order valence-corrected chi connectivity index (χ3v) is 5.33. The number of hydrogen-bond donors (Lipinski definition) is 4. The molecule has 0 spiro atoms. The van der Waals surface area contributed by atoms with Gasteiger partial charge in [-0.25, -0.2) is 19.6 Å². The number of aromatic nitrogens is 3. The minimum Gasteiger partial charge on any atom is -0.340 e. The maximum atomic E-state index is 12.3. The summed E-state index contributed by atoms with van der Waals surface area (Å²) >= 11 is 0. The highest BCUT2D eigenvalue weighted by molar-refractivity contribution is 5.93. The number of hydrogen-bond acceptors (Lipinski definition) is 6. The van der Waals surface area contributed by atoms with E-state index in [1.807, 2.05) is 38.1 Å². The number of carbonyl (C=O) groups is 2. The van der Waals surface area contributed by atoms with Gasteiger partial charge in [0, 0.05) is 35.9 Å². The zero-order valence-electron chi connectivity index (χ0n) is 20.3. The van der Waals surface area contributed by atoms with E-state index in [0.29, 0.717) is 18.2 Å². The Morgan fingerprint density at radius 1 is 1.06 bits per heavy atom. The standard InChI is InChI=1S/C24H34N8O2/c1-5-31(6-2)12-7-11-25-23(33)30-22-15-21(26-16-27-22)29-19-8-9-20-18(14-19)10-13-32(20)24(34)28-17(3)4/h8-10,13-17H,5-7,11-12H2,1-4H3,(H,28,34)(H3,25,26,27,29,30,33). The molecule has 2 aromatic heterocycles. The Hall–Kier alpha value is -3.66. The van der Waals surface area contributed by atoms with Gasteiger partial charge in [-0.1, -0.05) is 13.8 Å². The molecule has 10 heteroatoms. The smallest absolute Gasteiger partial charge is 0.326 e. The van der Waals surface area contributed by atoms with E-state index >= 15 is 0 Å². The minimum absolute atomic E-state index is 0.0565. The summed E-state index contributed by atoms with van der Waals surface area (Å²) in [6.07, 6.45) is 4.03. The first-order valence-corrected chi connectivity index (χ1v) is 11.7. The van der Waals surface area contributed by atoms with Crippen LogP contribution in [0.25, 0.3) is 10.9 Å². The van der Waals surface area contributed by atoms with E-state index in [0.717, 1.165) is 42.6 Å². The van der Waals surface area contributed by atoms with Gasteiger partial charge in [0.2, 0.25) is 0 Å². The highest BCUT2D eigenvalue weighted by Crippen LogP contribution is 2.23. The normalized spacial score (nSPS) is 11.1. The number of fused-ring (bicyclic) bond motifs is 1. The molecule has 0 saturated heterocycles. The summed E-state index contributed by atoms with van der Waals surface area (Å²) in [4.78, 5) is 35.2. The molecule has 0 aliphatic carbocycles. The number of amides is 3. The predicted molar refractivity (Wildman–Crippen MR) is 136 cm³/mol. The van der Waals surface area contributed by atoms with Crippen molar-refractivity contribution in [3.05, 3.63) is 42.9 Å². The monoisotopic (exact) mass is 466 g/mol. The van der Waals surface area contributed by atoms with Gasteiger partial charge in [-0.2, -0.15) is 0 Å². The van der Waals surface area contributed by atoms with Gasteiger partial charge in [-0.05, 0) is 64.2 Å². The first-order chi connectivity index (χ1) is 16.4. The Kier molecular flexibility index (Phi) is 8.80. The van der Waals surface area contributed by atoms with Crippen molar-refractivity contribution in [2.24, 2.45) is 0 Å². The Bertz CT molecular complexity index is 1110. The first-order valence-electron chi connectivity index (χ1n) is 11.7. The van der Waals surface area contributed by atoms with Crippen molar-refractivity contribution in [1.29, 1.82) is 0 Å². The van der Waals surface area contributed by atoms with Crippen molar-refractivity contribution < 1.29 is 9.59 Å². The molecule has 0 saturated carbocycles. The average Bonchev–Trinajstić information content (AvgIpc) is 3.22. The van der Waals surface area contributed by atoms with Crippen LogP contribution < -0.4 is 21.3 Å². The second-order valence-corrected chi connectivity index (χ2v) is 8.24. The molecule has 182 valence electrons. The third-order valence-electron chi connectivity index (χ3n) is 5.33. The molecule has 2 heterocycles. The van der Waals surface area contributed by atoms with E-state index in [9.17, 15) is 9.59 Å². The van der Waals surface area contributed by atoms with E-state index in [1.165, 1.54) is 6.33 Å². The average molecular weight is 467 g/mol. The van der Waals surface area contributed by atoms with Gasteiger partial charge in [-0.15, -0.1) is 0 Å². The van der Waals surface area contributed by atoms with Crippen LogP contribution in [-0.4, -0.2) is 63.7 Å². The van der Waals surface area contributed by atoms with Crippen LogP contribution >= 0.6 is 0 Å². The van der Waals surface area contributed by atoms with E-state index in [4.69, 9.17) is 0 Å². The predicted octanol–water partition coefficient (Wildman–Crippen LogP) is 3.99. The summed E-state index contributed by atoms with van der Waals surface area (Å²) in [7, 11) is 0. The van der Waals surface area contributed by atoms with Crippen LogP contribution in [-0.2, 0) is 0 Å². The van der Waals surface area contributed by atoms with Gasteiger partial charge in [0.1, 0.15) is 18.0 Å². The molecule has 34 heavy (non-hydrogen) atoms. The number of benzene rings is 1. The summed E-state index contributed by atoms with van der Waals surface area (Å²) in [6, 6.07) is 8.84. The number of urea groups is 1. The second-order valence-electron chi connectivity index (χ2n) is 8.24. The lowest BCUT2D eigenvalue weighted by molar-refractivity contribution is 0.241. The molecule has 0 atom stereocenters. The Morgan fingerprint density at radius 3 is 2.56 bits per heavy atom. The molecule has 0 aliphatic rings. The molecule has 0 unspecified atom stereocenters. The van der Waals surface area contributed by atoms with E-state index in [-0.39, 0.29) is 18.1 Å². The van der Waals surface area contributed by atoms with Crippen LogP contribution in [0.3, 0.4) is 0 Å². The lowest BCUT2D eigenvalue weighted by Crippen LogP contribution is -2.33. The number of carbonyl (C=O) groups excluding carboxylic acids is 2. The number of nitrogens with one attached hydrogen (secondary N) is 4. The van der Waals surface area contributed by atoms with E-state index < -0.39 is 0 Å². The molecule has 0 bridgehead atoms. The first kappa shape index (κ1) is 25.0. The van der Waals surface area contributed by atoms with Crippen molar-refractivity contribution >= 4 is 40.3 Å². The lowest BCUT2D eigenvalue weighted by atomic mass is 10.2. The Labute approximate surface area is 200 Å². The fourth-order valence-corrected chi connectivity index (χ4v) is 3.56. The molecule has 0 aliphatic heterocycles. The molecule has 3 aromatic rings. The maximum Gasteiger partial charge on any atom is 0.326 e. The third kappa shape index (κ3) is 6.92. The molecule has 10 nitrogen and oxygen atoms in total. The molecule has 3 amide bonds. The molecule has 4 N–H and O–H groups in total. The van der Waals surface area contributed by atoms with Gasteiger partial charge >= 0.3 is 12.1 Å². The van der Waals surface area contributed by atoms with Crippen molar-refractivity contribution in [3.63, 3.8) is 0 Å². The zero-order chi connectivity index (χ0) is 24.5. The van der Waals surface area contributed by atoms with Crippen LogP contribution in [0.1, 0.15) is 34.1 Å². The SMILES string of the molecule is CCN(CC)CCCNC(=O)Nc1cc(Nc2ccc3c(ccn3C(=O)NC(C)C)c2)ncn1. The quantitative estimate of drug-likeness (QED) is 0.336. The molecule has 3 rings (SSSR count). The Morgan fingerprint density at radius 2 is 1.82 bits per heavy atom. The van der Waals surface area contributed by atoms with Gasteiger partial charge in [0.05, 0.1) is 5.52 Å². The van der Waals surface area contributed by atoms with Crippen molar-refractivity contribution in [3.8, 4) is 0 Å². The van der Waals surface area contributed by atoms with E-state index in [2.05, 4.69) is 50.0 Å². The summed E-state index contributed by atoms with van der Waals surface area (Å²) in [5.41, 5.74) is 1.62. The van der Waals surface area contributed by atoms with Crippen molar-refractivity contribution in [1.82, 2.24) is 30.1 Å². The molecule has 0 fully saturated rings. The van der Waals surface area contributed by atoms with Gasteiger partial charge < -0.3 is 20.9 Å². The summed E-state index contributed by atoms with van der Waals surface area (Å²) in [5.74, 6) is 0.944. The van der Waals surface area contributed by atoms with Crippen LogP contribution in [0, 0.1) is 0 Å². The zero-order valence-corrected chi connectivity index (χ0v) is 20.3. The number of rotatable bonds is 10. The van der Waals surface area contributed by atoms with Gasteiger partial charge in [-0.3, -0.25) is 9.88 Å². The van der Waals surface area contributed by atoms with Gasteiger partial charge in [0.15, 0.2) is 0 Å². The second kappa shape index (κ2) is 12.0. The van der Waals surface area contributed by atoms with Crippen LogP contribution in [0.15, 0.2) is 42.9 Å². The summed E-state index contributed by atoms with van der Waals surface area (Å²) in [6.45, 7) is 11.7. The van der Waals surface area contributed by atoms with Crippen LogP contribution in [0.5, 0.6) is 0 Å². The van der Waals surface area contributed by atoms with Crippen LogP contribution in [0.2, 0.25) is 0 Å². The molecule has 0 radical (unpaired) electrons. The Balaban J connectivity index is 1.57. The largest absolute Gasteiger partial charge is 0.340 e. The lowest BCUT2D eigenvalue weighted by Gasteiger charge is -2.17. The number of nitrogens with zero attached hydrogens (tertiary/aromatic N) is 4. The maximum absolute atomic E-state index is 12.3. The topological polar surface area (TPSA) is 116 Å². The fourth-order valence-electron chi connectivity index (χ4n) is 3.56. The molecular formula is C24H34N8O2. The highest BCUT2D eigenvalue weighted by Gasteiger charge is 2.11. The fraction of sp³-hybridized carbons (Fsp3) is 0.417. The van der Waals surface area contributed by atoms with E-state index in [1.54, 1.807) is 16.8 Å². The molecule has 1 aromatic carbocycles. The van der Waals surface area contributed by atoms with Crippen molar-refractivity contribution in [2.75, 3.05) is 36.8 Å². The van der Waals surface area contributed by atoms with Crippen molar-refractivity contribution in [2.45, 2.75) is 40.2 Å². The van der Waals surface area contributed by atoms with Crippen LogP contribution in [0.4, 0.5) is 26.9 Å². The summed E-state index contributed by atoms with van der Waals surface area (Å²) < 4.78 is 1.59.